The SMILES string of the molecule is CCOC(=O)c1ccc(NC(=O)/C(C#N)=C/c2ccc(OCC(=O)Nc3ccc(Br)cc3)cc2)cc1. The average Bonchev–Trinajstić information content (AvgIpc) is 2.88. The molecule has 8 nitrogen and oxygen atoms in total. The number of carbonyl (C=O) groups excluding carboxylic acids is 3. The first-order valence-corrected chi connectivity index (χ1v) is 11.7. The summed E-state index contributed by atoms with van der Waals surface area (Å²) in [5.74, 6) is -0.889. The lowest BCUT2D eigenvalue weighted by molar-refractivity contribution is -0.118. The Morgan fingerprint density at radius 2 is 1.53 bits per heavy atom. The first-order chi connectivity index (χ1) is 17.4. The van der Waals surface area contributed by atoms with Crippen LogP contribution >= 0.6 is 15.9 Å². The van der Waals surface area contributed by atoms with Gasteiger partial charge in [-0.2, -0.15) is 5.26 Å². The molecule has 3 aromatic carbocycles. The van der Waals surface area contributed by atoms with E-state index >= 15 is 0 Å². The molecule has 3 aromatic rings. The van der Waals surface area contributed by atoms with E-state index in [4.69, 9.17) is 9.47 Å². The molecule has 0 bridgehead atoms. The number of nitriles is 1. The smallest absolute Gasteiger partial charge is 0.338 e. The van der Waals surface area contributed by atoms with Crippen LogP contribution in [0.2, 0.25) is 0 Å². The standard InChI is InChI=1S/C27H22BrN3O5/c1-2-35-27(34)19-5-9-23(10-6-19)31-26(33)20(16-29)15-18-3-13-24(14-4-18)36-17-25(32)30-22-11-7-21(28)8-12-22/h3-15H,2,17H2,1H3,(H,30,32)(H,31,33)/b20-15+. The van der Waals surface area contributed by atoms with Gasteiger partial charge in [0, 0.05) is 15.8 Å². The molecule has 2 N–H and O–H groups in total. The van der Waals surface area contributed by atoms with Gasteiger partial charge >= 0.3 is 5.97 Å². The topological polar surface area (TPSA) is 118 Å². The second kappa shape index (κ2) is 12.9. The molecule has 0 aliphatic carbocycles. The van der Waals surface area contributed by atoms with Crippen molar-refractivity contribution in [2.75, 3.05) is 23.8 Å². The van der Waals surface area contributed by atoms with Crippen molar-refractivity contribution in [3.8, 4) is 11.8 Å². The number of esters is 1. The van der Waals surface area contributed by atoms with Crippen LogP contribution in [0.1, 0.15) is 22.8 Å². The maximum atomic E-state index is 12.5. The normalized spacial score (nSPS) is 10.6. The molecule has 0 aromatic heterocycles. The Labute approximate surface area is 216 Å². The molecule has 9 heteroatoms. The van der Waals surface area contributed by atoms with Crippen molar-refractivity contribution in [1.82, 2.24) is 0 Å². The van der Waals surface area contributed by atoms with Gasteiger partial charge in [0.2, 0.25) is 0 Å². The maximum Gasteiger partial charge on any atom is 0.338 e. The number of hydrogen-bond donors (Lipinski definition) is 2. The van der Waals surface area contributed by atoms with Crippen LogP contribution in [0.5, 0.6) is 5.75 Å². The largest absolute Gasteiger partial charge is 0.484 e. The highest BCUT2D eigenvalue weighted by molar-refractivity contribution is 9.10. The highest BCUT2D eigenvalue weighted by Crippen LogP contribution is 2.17. The zero-order valence-corrected chi connectivity index (χ0v) is 20.9. The Hall–Kier alpha value is -4.42. The molecule has 0 aliphatic rings. The number of benzene rings is 3. The lowest BCUT2D eigenvalue weighted by Gasteiger charge is -2.08. The van der Waals surface area contributed by atoms with E-state index in [0.717, 1.165) is 4.47 Å². The van der Waals surface area contributed by atoms with Gasteiger partial charge in [0.25, 0.3) is 11.8 Å². The average molecular weight is 548 g/mol. The van der Waals surface area contributed by atoms with E-state index in [2.05, 4.69) is 26.6 Å². The van der Waals surface area contributed by atoms with Crippen LogP contribution in [-0.2, 0) is 14.3 Å². The quantitative estimate of drug-likeness (QED) is 0.216. The number of hydrogen-bond acceptors (Lipinski definition) is 6. The second-order valence-electron chi connectivity index (χ2n) is 7.33. The lowest BCUT2D eigenvalue weighted by Crippen LogP contribution is -2.20. The predicted molar refractivity (Wildman–Crippen MR) is 139 cm³/mol. The third-order valence-electron chi connectivity index (χ3n) is 4.71. The van der Waals surface area contributed by atoms with E-state index in [1.54, 1.807) is 55.5 Å². The molecule has 0 saturated heterocycles. The molecule has 0 spiro atoms. The van der Waals surface area contributed by atoms with Gasteiger partial charge in [0.15, 0.2) is 6.61 Å². The molecule has 0 aliphatic heterocycles. The fraction of sp³-hybridized carbons (Fsp3) is 0.111. The summed E-state index contributed by atoms with van der Waals surface area (Å²) < 4.78 is 11.3. The number of rotatable bonds is 9. The summed E-state index contributed by atoms with van der Waals surface area (Å²) in [7, 11) is 0. The van der Waals surface area contributed by atoms with Gasteiger partial charge in [0.1, 0.15) is 17.4 Å². The summed E-state index contributed by atoms with van der Waals surface area (Å²) in [5.41, 5.74) is 1.95. The van der Waals surface area contributed by atoms with Crippen LogP contribution in [0.15, 0.2) is 82.8 Å². The minimum absolute atomic E-state index is 0.105. The molecule has 0 unspecified atom stereocenters. The van der Waals surface area contributed by atoms with E-state index in [1.165, 1.54) is 18.2 Å². The zero-order chi connectivity index (χ0) is 25.9. The van der Waals surface area contributed by atoms with E-state index in [0.29, 0.717) is 28.3 Å². The number of halogens is 1. The van der Waals surface area contributed by atoms with Crippen molar-refractivity contribution in [2.24, 2.45) is 0 Å². The molecule has 0 heterocycles. The number of carbonyl (C=O) groups is 3. The van der Waals surface area contributed by atoms with Crippen molar-refractivity contribution < 1.29 is 23.9 Å². The first-order valence-electron chi connectivity index (χ1n) is 10.9. The second-order valence-corrected chi connectivity index (χ2v) is 8.25. The third kappa shape index (κ3) is 7.82. The minimum atomic E-state index is -0.591. The first kappa shape index (κ1) is 26.2. The number of anilines is 2. The molecular formula is C27H22BrN3O5. The summed E-state index contributed by atoms with van der Waals surface area (Å²) in [5, 5.41) is 14.8. The number of ether oxygens (including phenoxy) is 2. The molecule has 0 saturated carbocycles. The lowest BCUT2D eigenvalue weighted by atomic mass is 10.1. The number of nitrogens with one attached hydrogen (secondary N) is 2. The molecule has 182 valence electrons. The van der Waals surface area contributed by atoms with Crippen molar-refractivity contribution in [2.45, 2.75) is 6.92 Å². The summed E-state index contributed by atoms with van der Waals surface area (Å²) >= 11 is 3.34. The van der Waals surface area contributed by atoms with Crippen molar-refractivity contribution >= 4 is 51.2 Å². The molecule has 2 amide bonds. The number of nitrogens with zero attached hydrogens (tertiary/aromatic N) is 1. The van der Waals surface area contributed by atoms with Gasteiger partial charge in [-0.1, -0.05) is 28.1 Å². The molecule has 0 radical (unpaired) electrons. The Balaban J connectivity index is 1.55. The highest BCUT2D eigenvalue weighted by Gasteiger charge is 2.11. The van der Waals surface area contributed by atoms with Gasteiger partial charge < -0.3 is 20.1 Å². The van der Waals surface area contributed by atoms with Gasteiger partial charge in [-0.15, -0.1) is 0 Å². The zero-order valence-electron chi connectivity index (χ0n) is 19.3. The Morgan fingerprint density at radius 1 is 0.917 bits per heavy atom. The van der Waals surface area contributed by atoms with Gasteiger partial charge in [-0.25, -0.2) is 4.79 Å². The molecular weight excluding hydrogens is 526 g/mol. The summed E-state index contributed by atoms with van der Waals surface area (Å²) in [6.07, 6.45) is 1.44. The van der Waals surface area contributed by atoms with Crippen LogP contribution in [0.3, 0.4) is 0 Å². The summed E-state index contributed by atoms with van der Waals surface area (Å²) in [6, 6.07) is 21.8. The van der Waals surface area contributed by atoms with Gasteiger partial charge in [-0.3, -0.25) is 9.59 Å². The fourth-order valence-corrected chi connectivity index (χ4v) is 3.22. The Kier molecular flexibility index (Phi) is 9.37. The van der Waals surface area contributed by atoms with E-state index < -0.39 is 11.9 Å². The molecule has 36 heavy (non-hydrogen) atoms. The summed E-state index contributed by atoms with van der Waals surface area (Å²) in [6.45, 7) is 1.81. The van der Waals surface area contributed by atoms with Gasteiger partial charge in [0.05, 0.1) is 12.2 Å². The minimum Gasteiger partial charge on any atom is -0.484 e. The monoisotopic (exact) mass is 547 g/mol. The van der Waals surface area contributed by atoms with E-state index in [-0.39, 0.29) is 24.7 Å². The Bertz CT molecular complexity index is 1300. The van der Waals surface area contributed by atoms with Crippen LogP contribution in [0.25, 0.3) is 6.08 Å². The van der Waals surface area contributed by atoms with Crippen LogP contribution in [-0.4, -0.2) is 31.0 Å². The van der Waals surface area contributed by atoms with Gasteiger partial charge in [-0.05, 0) is 79.2 Å². The van der Waals surface area contributed by atoms with Crippen molar-refractivity contribution in [3.63, 3.8) is 0 Å². The number of amides is 2. The maximum absolute atomic E-state index is 12.5. The van der Waals surface area contributed by atoms with E-state index in [9.17, 15) is 19.6 Å². The molecule has 0 fully saturated rings. The van der Waals surface area contributed by atoms with Crippen molar-refractivity contribution in [1.29, 1.82) is 5.26 Å². The highest BCUT2D eigenvalue weighted by atomic mass is 79.9. The van der Waals surface area contributed by atoms with E-state index in [1.807, 2.05) is 18.2 Å². The molecule has 0 atom stereocenters. The Morgan fingerprint density at radius 3 is 2.14 bits per heavy atom. The van der Waals surface area contributed by atoms with Crippen LogP contribution < -0.4 is 15.4 Å². The fourth-order valence-electron chi connectivity index (χ4n) is 2.96. The predicted octanol–water partition coefficient (Wildman–Crippen LogP) is 5.19. The van der Waals surface area contributed by atoms with Crippen molar-refractivity contribution in [3.05, 3.63) is 94.0 Å². The third-order valence-corrected chi connectivity index (χ3v) is 5.24. The van der Waals surface area contributed by atoms with Crippen LogP contribution in [0, 0.1) is 11.3 Å². The van der Waals surface area contributed by atoms with Crippen LogP contribution in [0.4, 0.5) is 11.4 Å². The molecule has 3 rings (SSSR count). The summed E-state index contributed by atoms with van der Waals surface area (Å²) in [4.78, 5) is 36.3.